The number of nitrogens with one attached hydrogen (secondary N) is 2. The van der Waals surface area contributed by atoms with Crippen molar-refractivity contribution in [2.24, 2.45) is 11.3 Å². The van der Waals surface area contributed by atoms with Gasteiger partial charge in [-0.2, -0.15) is 0 Å². The average Bonchev–Trinajstić information content (AvgIpc) is 2.58. The van der Waals surface area contributed by atoms with Crippen LogP contribution in [0.15, 0.2) is 18.2 Å². The van der Waals surface area contributed by atoms with Gasteiger partial charge in [0, 0.05) is 11.7 Å². The smallest absolute Gasteiger partial charge is 0.313 e. The summed E-state index contributed by atoms with van der Waals surface area (Å²) in [5, 5.41) is 5.59. The van der Waals surface area contributed by atoms with Crippen molar-refractivity contribution < 1.29 is 9.59 Å². The zero-order valence-corrected chi connectivity index (χ0v) is 16.2. The van der Waals surface area contributed by atoms with Crippen LogP contribution in [0.3, 0.4) is 0 Å². The van der Waals surface area contributed by atoms with Crippen LogP contribution in [0.1, 0.15) is 64.0 Å². The summed E-state index contributed by atoms with van der Waals surface area (Å²) in [5.74, 6) is -0.411. The lowest BCUT2D eigenvalue weighted by molar-refractivity contribution is -0.136. The van der Waals surface area contributed by atoms with Crippen LogP contribution < -0.4 is 10.6 Å². The Morgan fingerprint density at radius 2 is 1.68 bits per heavy atom. The highest BCUT2D eigenvalue weighted by Crippen LogP contribution is 2.40. The fourth-order valence-corrected chi connectivity index (χ4v) is 3.57. The molecule has 4 nitrogen and oxygen atoms in total. The fraction of sp³-hybridized carbons (Fsp3) is 0.619. The van der Waals surface area contributed by atoms with E-state index in [1.165, 1.54) is 6.42 Å². The predicted octanol–water partition coefficient (Wildman–Crippen LogP) is 4.35. The Morgan fingerprint density at radius 1 is 1.04 bits per heavy atom. The number of hydrogen-bond donors (Lipinski definition) is 2. The van der Waals surface area contributed by atoms with E-state index in [0.717, 1.165) is 36.8 Å². The molecule has 1 aliphatic rings. The van der Waals surface area contributed by atoms with E-state index >= 15 is 0 Å². The summed E-state index contributed by atoms with van der Waals surface area (Å²) < 4.78 is 0. The lowest BCUT2D eigenvalue weighted by Crippen LogP contribution is -2.44. The molecule has 0 radical (unpaired) electrons. The summed E-state index contributed by atoms with van der Waals surface area (Å²) in [6.45, 7) is 10.9. The monoisotopic (exact) mass is 344 g/mol. The molecule has 2 N–H and O–H groups in total. The first-order valence-electron chi connectivity index (χ1n) is 9.42. The predicted molar refractivity (Wildman–Crippen MR) is 103 cm³/mol. The molecular formula is C21H32N2O2. The second-order valence-corrected chi connectivity index (χ2v) is 8.12. The molecule has 0 spiro atoms. The minimum absolute atomic E-state index is 0.113. The third kappa shape index (κ3) is 5.07. The zero-order chi connectivity index (χ0) is 18.6. The Labute approximate surface area is 151 Å². The lowest BCUT2D eigenvalue weighted by atomic mass is 9.69. The van der Waals surface area contributed by atoms with Gasteiger partial charge in [0.25, 0.3) is 0 Å². The molecule has 0 aliphatic heterocycles. The molecule has 138 valence electrons. The summed E-state index contributed by atoms with van der Waals surface area (Å²) in [6.07, 6.45) is 5.32. The number of rotatable bonds is 4. The van der Waals surface area contributed by atoms with E-state index in [-0.39, 0.29) is 6.04 Å². The van der Waals surface area contributed by atoms with Gasteiger partial charge in [0.05, 0.1) is 0 Å². The lowest BCUT2D eigenvalue weighted by Gasteiger charge is -2.39. The Kier molecular flexibility index (Phi) is 6.26. The Balaban J connectivity index is 1.84. The molecule has 0 saturated heterocycles. The standard InChI is InChI=1S/C21H32N2O2/c1-6-21(4,5)16-8-11-17(12-9-16)22-19(24)20(25)23-18-10-7-14(2)15(3)13-18/h7,10,13,16-17H,6,8-9,11-12H2,1-5H3,(H,22,24)(H,23,25). The van der Waals surface area contributed by atoms with Gasteiger partial charge in [-0.3, -0.25) is 9.59 Å². The molecule has 1 aromatic carbocycles. The van der Waals surface area contributed by atoms with E-state index in [9.17, 15) is 9.59 Å². The van der Waals surface area contributed by atoms with E-state index in [4.69, 9.17) is 0 Å². The Hall–Kier alpha value is -1.84. The second kappa shape index (κ2) is 8.03. The van der Waals surface area contributed by atoms with Gasteiger partial charge < -0.3 is 10.6 Å². The Morgan fingerprint density at radius 3 is 2.24 bits per heavy atom. The fourth-order valence-electron chi connectivity index (χ4n) is 3.57. The van der Waals surface area contributed by atoms with Crippen molar-refractivity contribution in [3.63, 3.8) is 0 Å². The zero-order valence-electron chi connectivity index (χ0n) is 16.2. The van der Waals surface area contributed by atoms with Gasteiger partial charge in [-0.25, -0.2) is 0 Å². The van der Waals surface area contributed by atoms with Crippen molar-refractivity contribution in [1.82, 2.24) is 5.32 Å². The van der Waals surface area contributed by atoms with Gasteiger partial charge in [0.15, 0.2) is 0 Å². The van der Waals surface area contributed by atoms with E-state index in [0.29, 0.717) is 17.0 Å². The van der Waals surface area contributed by atoms with Crippen LogP contribution >= 0.6 is 0 Å². The minimum Gasteiger partial charge on any atom is -0.345 e. The van der Waals surface area contributed by atoms with Crippen molar-refractivity contribution in [2.45, 2.75) is 72.8 Å². The highest BCUT2D eigenvalue weighted by atomic mass is 16.2. The highest BCUT2D eigenvalue weighted by molar-refractivity contribution is 6.39. The number of anilines is 1. The number of hydrogen-bond acceptors (Lipinski definition) is 2. The van der Waals surface area contributed by atoms with Crippen molar-refractivity contribution in [2.75, 3.05) is 5.32 Å². The van der Waals surface area contributed by atoms with Gasteiger partial charge >= 0.3 is 11.8 Å². The molecule has 1 saturated carbocycles. The maximum atomic E-state index is 12.2. The molecule has 2 amide bonds. The summed E-state index contributed by atoms with van der Waals surface area (Å²) in [6, 6.07) is 5.77. The van der Waals surface area contributed by atoms with E-state index in [2.05, 4.69) is 31.4 Å². The van der Waals surface area contributed by atoms with Gasteiger partial charge in [-0.1, -0.05) is 33.3 Å². The summed E-state index contributed by atoms with van der Waals surface area (Å²) in [4.78, 5) is 24.3. The topological polar surface area (TPSA) is 58.2 Å². The number of carbonyl (C=O) groups is 2. The highest BCUT2D eigenvalue weighted by Gasteiger charge is 2.32. The first-order valence-corrected chi connectivity index (χ1v) is 9.42. The molecule has 4 heteroatoms. The molecule has 25 heavy (non-hydrogen) atoms. The van der Waals surface area contributed by atoms with Crippen LogP contribution in [0.5, 0.6) is 0 Å². The quantitative estimate of drug-likeness (QED) is 0.798. The maximum Gasteiger partial charge on any atom is 0.313 e. The second-order valence-electron chi connectivity index (χ2n) is 8.12. The van der Waals surface area contributed by atoms with Gasteiger partial charge in [0.2, 0.25) is 0 Å². The molecule has 1 aromatic rings. The van der Waals surface area contributed by atoms with Gasteiger partial charge in [-0.05, 0) is 74.1 Å². The van der Waals surface area contributed by atoms with Gasteiger partial charge in [0.1, 0.15) is 0 Å². The first-order chi connectivity index (χ1) is 11.7. The molecule has 0 unspecified atom stereocenters. The molecular weight excluding hydrogens is 312 g/mol. The molecule has 1 aliphatic carbocycles. The van der Waals surface area contributed by atoms with Crippen LogP contribution in [0, 0.1) is 25.2 Å². The van der Waals surface area contributed by atoms with Crippen LogP contribution in [-0.2, 0) is 9.59 Å². The summed E-state index contributed by atoms with van der Waals surface area (Å²) >= 11 is 0. The minimum atomic E-state index is -0.584. The number of aryl methyl sites for hydroxylation is 2. The normalized spacial score (nSPS) is 20.8. The molecule has 2 rings (SSSR count). The van der Waals surface area contributed by atoms with Crippen molar-refractivity contribution in [1.29, 1.82) is 0 Å². The van der Waals surface area contributed by atoms with Crippen LogP contribution in [0.25, 0.3) is 0 Å². The molecule has 0 heterocycles. The van der Waals surface area contributed by atoms with E-state index in [1.807, 2.05) is 32.0 Å². The molecule has 0 bridgehead atoms. The third-order valence-electron chi connectivity index (χ3n) is 6.05. The van der Waals surface area contributed by atoms with E-state index in [1.54, 1.807) is 0 Å². The first kappa shape index (κ1) is 19.5. The number of carbonyl (C=O) groups excluding carboxylic acids is 2. The van der Waals surface area contributed by atoms with E-state index < -0.39 is 11.8 Å². The Bertz CT molecular complexity index is 629. The SMILES string of the molecule is CCC(C)(C)C1CCC(NC(=O)C(=O)Nc2ccc(C)c(C)c2)CC1. The summed E-state index contributed by atoms with van der Waals surface area (Å²) in [7, 11) is 0. The average molecular weight is 344 g/mol. The van der Waals surface area contributed by atoms with Crippen LogP contribution in [0.4, 0.5) is 5.69 Å². The van der Waals surface area contributed by atoms with Crippen molar-refractivity contribution in [3.8, 4) is 0 Å². The molecule has 0 atom stereocenters. The van der Waals surface area contributed by atoms with Crippen LogP contribution in [0.2, 0.25) is 0 Å². The van der Waals surface area contributed by atoms with Crippen LogP contribution in [-0.4, -0.2) is 17.9 Å². The van der Waals surface area contributed by atoms with Crippen molar-refractivity contribution >= 4 is 17.5 Å². The summed E-state index contributed by atoms with van der Waals surface area (Å²) in [5.41, 5.74) is 3.27. The molecule has 1 fully saturated rings. The largest absolute Gasteiger partial charge is 0.345 e. The van der Waals surface area contributed by atoms with Gasteiger partial charge in [-0.15, -0.1) is 0 Å². The maximum absolute atomic E-state index is 12.2. The third-order valence-corrected chi connectivity index (χ3v) is 6.05. The number of benzene rings is 1. The molecule has 0 aromatic heterocycles. The van der Waals surface area contributed by atoms with Crippen molar-refractivity contribution in [3.05, 3.63) is 29.3 Å². The number of amides is 2.